The molecule has 2 N–H and O–H groups in total. The van der Waals surface area contributed by atoms with Crippen molar-refractivity contribution in [1.29, 1.82) is 0 Å². The second-order valence-corrected chi connectivity index (χ2v) is 4.92. The zero-order chi connectivity index (χ0) is 14.1. The summed E-state index contributed by atoms with van der Waals surface area (Å²) in [4.78, 5) is 4.09. The van der Waals surface area contributed by atoms with Gasteiger partial charge < -0.3 is 10.5 Å². The van der Waals surface area contributed by atoms with Crippen molar-refractivity contribution in [3.05, 3.63) is 59.9 Å². The molecular weight excluding hydrogens is 248 g/mol. The highest BCUT2D eigenvalue weighted by Crippen LogP contribution is 2.33. The monoisotopic (exact) mass is 264 g/mol. The average molecular weight is 264 g/mol. The molecule has 0 aliphatic heterocycles. The molecule has 0 bridgehead atoms. The van der Waals surface area contributed by atoms with E-state index in [-0.39, 0.29) is 0 Å². The molecule has 3 rings (SSSR count). The number of nitrogen functional groups attached to an aromatic ring is 1. The Labute approximate surface area is 118 Å². The fraction of sp³-hybridized carbons (Fsp3) is 0.118. The van der Waals surface area contributed by atoms with Crippen molar-refractivity contribution in [3.8, 4) is 11.5 Å². The number of pyridine rings is 1. The van der Waals surface area contributed by atoms with Gasteiger partial charge in [0.25, 0.3) is 0 Å². The van der Waals surface area contributed by atoms with Crippen LogP contribution in [0.15, 0.2) is 48.8 Å². The zero-order valence-corrected chi connectivity index (χ0v) is 11.6. The summed E-state index contributed by atoms with van der Waals surface area (Å²) in [5, 5.41) is 1.97. The summed E-state index contributed by atoms with van der Waals surface area (Å²) < 4.78 is 5.91. The number of hydrogen-bond donors (Lipinski definition) is 1. The van der Waals surface area contributed by atoms with Gasteiger partial charge in [-0.1, -0.05) is 6.07 Å². The lowest BCUT2D eigenvalue weighted by molar-refractivity contribution is 0.485. The second-order valence-electron chi connectivity index (χ2n) is 4.92. The van der Waals surface area contributed by atoms with Crippen LogP contribution in [0.25, 0.3) is 10.8 Å². The Hall–Kier alpha value is -2.55. The van der Waals surface area contributed by atoms with Gasteiger partial charge in [0.15, 0.2) is 5.75 Å². The first-order valence-corrected chi connectivity index (χ1v) is 6.52. The Kier molecular flexibility index (Phi) is 3.03. The number of nitrogens with two attached hydrogens (primary N) is 1. The van der Waals surface area contributed by atoms with Gasteiger partial charge in [0, 0.05) is 23.2 Å². The van der Waals surface area contributed by atoms with Crippen molar-refractivity contribution < 1.29 is 4.74 Å². The van der Waals surface area contributed by atoms with Gasteiger partial charge >= 0.3 is 0 Å². The maximum absolute atomic E-state index is 6.18. The Balaban J connectivity index is 2.02. The van der Waals surface area contributed by atoms with Crippen LogP contribution in [0, 0.1) is 13.8 Å². The third-order valence-electron chi connectivity index (χ3n) is 3.53. The number of benzene rings is 2. The van der Waals surface area contributed by atoms with Crippen molar-refractivity contribution in [1.82, 2.24) is 4.98 Å². The van der Waals surface area contributed by atoms with E-state index in [0.717, 1.165) is 16.5 Å². The molecule has 0 aliphatic carbocycles. The minimum Gasteiger partial charge on any atom is -0.455 e. The van der Waals surface area contributed by atoms with Gasteiger partial charge in [0.2, 0.25) is 0 Å². The average Bonchev–Trinajstić information content (AvgIpc) is 2.46. The molecule has 1 heterocycles. The first kappa shape index (κ1) is 12.5. The number of fused-ring (bicyclic) bond motifs is 1. The van der Waals surface area contributed by atoms with Crippen LogP contribution >= 0.6 is 0 Å². The largest absolute Gasteiger partial charge is 0.455 e. The number of rotatable bonds is 2. The minimum absolute atomic E-state index is 0.642. The molecule has 1 aromatic heterocycles. The number of aryl methyl sites for hydroxylation is 2. The maximum atomic E-state index is 6.18. The van der Waals surface area contributed by atoms with Crippen molar-refractivity contribution in [2.75, 3.05) is 5.73 Å². The molecule has 0 atom stereocenters. The quantitative estimate of drug-likeness (QED) is 0.705. The van der Waals surface area contributed by atoms with Crippen LogP contribution in [-0.4, -0.2) is 4.98 Å². The van der Waals surface area contributed by atoms with Crippen LogP contribution in [0.2, 0.25) is 0 Å². The lowest BCUT2D eigenvalue weighted by atomic mass is 10.1. The predicted octanol–water partition coefficient (Wildman–Crippen LogP) is 4.23. The normalized spacial score (nSPS) is 10.7. The van der Waals surface area contributed by atoms with Crippen molar-refractivity contribution in [2.45, 2.75) is 13.8 Å². The van der Waals surface area contributed by atoms with Gasteiger partial charge in [-0.25, -0.2) is 0 Å². The Morgan fingerprint density at radius 2 is 1.85 bits per heavy atom. The summed E-state index contributed by atoms with van der Waals surface area (Å²) in [6.45, 7) is 4.15. The molecule has 0 unspecified atom stereocenters. The zero-order valence-electron chi connectivity index (χ0n) is 11.6. The Morgan fingerprint density at radius 1 is 1.00 bits per heavy atom. The summed E-state index contributed by atoms with van der Waals surface area (Å²) in [5.74, 6) is 1.47. The highest BCUT2D eigenvalue weighted by Gasteiger charge is 2.07. The van der Waals surface area contributed by atoms with E-state index < -0.39 is 0 Å². The van der Waals surface area contributed by atoms with E-state index in [4.69, 9.17) is 10.5 Å². The van der Waals surface area contributed by atoms with Crippen LogP contribution in [0.5, 0.6) is 11.5 Å². The molecule has 0 saturated heterocycles. The predicted molar refractivity (Wildman–Crippen MR) is 82.1 cm³/mol. The van der Waals surface area contributed by atoms with Gasteiger partial charge in [-0.3, -0.25) is 4.98 Å². The molecular formula is C17H16N2O. The first-order valence-electron chi connectivity index (χ1n) is 6.52. The van der Waals surface area contributed by atoms with Gasteiger partial charge in [-0.2, -0.15) is 0 Å². The van der Waals surface area contributed by atoms with E-state index in [2.05, 4.69) is 18.8 Å². The van der Waals surface area contributed by atoms with Crippen LogP contribution in [0.1, 0.15) is 11.1 Å². The van der Waals surface area contributed by atoms with Crippen molar-refractivity contribution in [3.63, 3.8) is 0 Å². The van der Waals surface area contributed by atoms with Gasteiger partial charge in [-0.15, -0.1) is 0 Å². The molecule has 2 aromatic carbocycles. The molecule has 0 spiro atoms. The first-order chi connectivity index (χ1) is 9.65. The fourth-order valence-corrected chi connectivity index (χ4v) is 2.17. The van der Waals surface area contributed by atoms with E-state index in [0.29, 0.717) is 11.4 Å². The van der Waals surface area contributed by atoms with E-state index in [1.165, 1.54) is 11.1 Å². The number of ether oxygens (including phenoxy) is 1. The second kappa shape index (κ2) is 4.85. The van der Waals surface area contributed by atoms with Crippen LogP contribution < -0.4 is 10.5 Å². The topological polar surface area (TPSA) is 48.1 Å². The lowest BCUT2D eigenvalue weighted by Crippen LogP contribution is -1.94. The molecule has 0 aliphatic rings. The number of nitrogens with zero attached hydrogens (tertiary/aromatic N) is 1. The molecule has 3 aromatic rings. The molecule has 0 fully saturated rings. The highest BCUT2D eigenvalue weighted by atomic mass is 16.5. The third kappa shape index (κ3) is 2.18. The number of hydrogen-bond acceptors (Lipinski definition) is 3. The van der Waals surface area contributed by atoms with Crippen LogP contribution in [0.3, 0.4) is 0 Å². The Bertz CT molecular complexity index is 781. The molecule has 3 nitrogen and oxygen atoms in total. The molecule has 100 valence electrons. The summed E-state index contributed by atoms with van der Waals surface area (Å²) in [6.07, 6.45) is 3.53. The minimum atomic E-state index is 0.642. The number of aromatic nitrogens is 1. The summed E-state index contributed by atoms with van der Waals surface area (Å²) >= 11 is 0. The maximum Gasteiger partial charge on any atom is 0.150 e. The van der Waals surface area contributed by atoms with E-state index in [1.54, 1.807) is 12.4 Å². The SMILES string of the molecule is Cc1ccc(Oc2ccc3cnccc3c2N)cc1C. The lowest BCUT2D eigenvalue weighted by Gasteiger charge is -2.11. The fourth-order valence-electron chi connectivity index (χ4n) is 2.17. The molecule has 0 amide bonds. The van der Waals surface area contributed by atoms with Crippen molar-refractivity contribution in [2.24, 2.45) is 0 Å². The molecule has 3 heteroatoms. The Morgan fingerprint density at radius 3 is 2.65 bits per heavy atom. The van der Waals surface area contributed by atoms with Crippen molar-refractivity contribution >= 4 is 16.5 Å². The summed E-state index contributed by atoms with van der Waals surface area (Å²) in [7, 11) is 0. The summed E-state index contributed by atoms with van der Waals surface area (Å²) in [6, 6.07) is 11.8. The van der Waals surface area contributed by atoms with Gasteiger partial charge in [-0.05, 0) is 55.3 Å². The van der Waals surface area contributed by atoms with Gasteiger partial charge in [0.1, 0.15) is 5.75 Å². The van der Waals surface area contributed by atoms with Crippen LogP contribution in [0.4, 0.5) is 5.69 Å². The van der Waals surface area contributed by atoms with E-state index >= 15 is 0 Å². The third-order valence-corrected chi connectivity index (χ3v) is 3.53. The highest BCUT2D eigenvalue weighted by molar-refractivity contribution is 5.95. The standard InChI is InChI=1S/C17H16N2O/c1-11-3-5-14(9-12(11)2)20-16-6-4-13-10-19-8-7-15(13)17(16)18/h3-10H,18H2,1-2H3. The van der Waals surface area contributed by atoms with Gasteiger partial charge in [0.05, 0.1) is 5.69 Å². The molecule has 20 heavy (non-hydrogen) atoms. The molecule has 0 radical (unpaired) electrons. The van der Waals surface area contributed by atoms with E-state index in [1.807, 2.05) is 36.4 Å². The van der Waals surface area contributed by atoms with E-state index in [9.17, 15) is 0 Å². The van der Waals surface area contributed by atoms with Crippen LogP contribution in [-0.2, 0) is 0 Å². The molecule has 0 saturated carbocycles. The summed E-state index contributed by atoms with van der Waals surface area (Å²) in [5.41, 5.74) is 9.27. The smallest absolute Gasteiger partial charge is 0.150 e. The number of anilines is 1.